The second-order valence-corrected chi connectivity index (χ2v) is 5.93. The molecule has 2 amide bonds. The van der Waals surface area contributed by atoms with Crippen molar-refractivity contribution in [3.8, 4) is 0 Å². The number of halogens is 4. The number of hydrogen-bond acceptors (Lipinski definition) is 3. The standard InChI is InChI=1S/C16H16ClF3N4O/c1-9(2)22-15(25)23-11-4-6-14(21-8-11)24-13-5-3-10(17)7-12(13)16(18,19)20/h3-9H,1-2H3,(H,21,24)(H2,22,23,25). The van der Waals surface area contributed by atoms with Crippen molar-refractivity contribution in [2.45, 2.75) is 26.1 Å². The van der Waals surface area contributed by atoms with Gasteiger partial charge in [-0.25, -0.2) is 9.78 Å². The number of nitrogens with zero attached hydrogens (tertiary/aromatic N) is 1. The highest BCUT2D eigenvalue weighted by atomic mass is 35.5. The van der Waals surface area contributed by atoms with Gasteiger partial charge in [-0.05, 0) is 44.2 Å². The number of aromatic nitrogens is 1. The average Bonchev–Trinajstić information content (AvgIpc) is 2.49. The van der Waals surface area contributed by atoms with Gasteiger partial charge in [0.2, 0.25) is 0 Å². The molecule has 0 aliphatic carbocycles. The van der Waals surface area contributed by atoms with Crippen LogP contribution in [0, 0.1) is 0 Å². The second kappa shape index (κ2) is 7.60. The fourth-order valence-corrected chi connectivity index (χ4v) is 2.14. The van der Waals surface area contributed by atoms with Gasteiger partial charge in [-0.2, -0.15) is 13.2 Å². The summed E-state index contributed by atoms with van der Waals surface area (Å²) in [7, 11) is 0. The highest BCUT2D eigenvalue weighted by Crippen LogP contribution is 2.37. The Hall–Kier alpha value is -2.48. The highest BCUT2D eigenvalue weighted by molar-refractivity contribution is 6.30. The summed E-state index contributed by atoms with van der Waals surface area (Å²) in [6, 6.07) is 5.99. The third-order valence-corrected chi connectivity index (χ3v) is 3.23. The van der Waals surface area contributed by atoms with Crippen LogP contribution in [0.25, 0.3) is 0 Å². The summed E-state index contributed by atoms with van der Waals surface area (Å²) in [4.78, 5) is 15.6. The van der Waals surface area contributed by atoms with Crippen molar-refractivity contribution in [3.63, 3.8) is 0 Å². The van der Waals surface area contributed by atoms with Crippen molar-refractivity contribution in [1.29, 1.82) is 0 Å². The van der Waals surface area contributed by atoms with Crippen molar-refractivity contribution in [3.05, 3.63) is 47.1 Å². The number of alkyl halides is 3. The van der Waals surface area contributed by atoms with E-state index in [0.29, 0.717) is 5.69 Å². The first kappa shape index (κ1) is 18.9. The summed E-state index contributed by atoms with van der Waals surface area (Å²) in [5.74, 6) is 0.197. The van der Waals surface area contributed by atoms with E-state index in [-0.39, 0.29) is 22.6 Å². The average molecular weight is 373 g/mol. The molecule has 0 fully saturated rings. The molecule has 0 radical (unpaired) electrons. The Morgan fingerprint density at radius 2 is 1.92 bits per heavy atom. The molecule has 1 aromatic carbocycles. The van der Waals surface area contributed by atoms with Crippen LogP contribution in [0.4, 0.5) is 35.2 Å². The first-order chi connectivity index (χ1) is 11.6. The Morgan fingerprint density at radius 3 is 2.48 bits per heavy atom. The molecular formula is C16H16ClF3N4O. The van der Waals surface area contributed by atoms with Gasteiger partial charge in [0.05, 0.1) is 23.1 Å². The summed E-state index contributed by atoms with van der Waals surface area (Å²) in [6.45, 7) is 3.63. The van der Waals surface area contributed by atoms with E-state index in [1.165, 1.54) is 30.5 Å². The largest absolute Gasteiger partial charge is 0.418 e. The number of hydrogen-bond donors (Lipinski definition) is 3. The molecule has 1 heterocycles. The maximum absolute atomic E-state index is 13.1. The summed E-state index contributed by atoms with van der Waals surface area (Å²) in [5, 5.41) is 7.80. The first-order valence-corrected chi connectivity index (χ1v) is 7.70. The smallest absolute Gasteiger partial charge is 0.340 e. The van der Waals surface area contributed by atoms with Gasteiger partial charge >= 0.3 is 12.2 Å². The number of pyridine rings is 1. The van der Waals surface area contributed by atoms with E-state index in [0.717, 1.165) is 6.07 Å². The molecule has 0 spiro atoms. The van der Waals surface area contributed by atoms with Crippen LogP contribution in [0.2, 0.25) is 5.02 Å². The van der Waals surface area contributed by atoms with Crippen LogP contribution in [0.1, 0.15) is 19.4 Å². The lowest BCUT2D eigenvalue weighted by atomic mass is 10.1. The minimum Gasteiger partial charge on any atom is -0.340 e. The SMILES string of the molecule is CC(C)NC(=O)Nc1ccc(Nc2ccc(Cl)cc2C(F)(F)F)nc1. The number of urea groups is 1. The molecule has 0 atom stereocenters. The van der Waals surface area contributed by atoms with Gasteiger partial charge in [-0.3, -0.25) is 0 Å². The fourth-order valence-electron chi connectivity index (χ4n) is 1.97. The molecule has 0 aliphatic rings. The zero-order chi connectivity index (χ0) is 18.6. The van der Waals surface area contributed by atoms with Gasteiger partial charge in [0, 0.05) is 11.1 Å². The van der Waals surface area contributed by atoms with Gasteiger partial charge in [0.1, 0.15) is 5.82 Å². The number of rotatable bonds is 4. The lowest BCUT2D eigenvalue weighted by Crippen LogP contribution is -2.34. The molecule has 5 nitrogen and oxygen atoms in total. The lowest BCUT2D eigenvalue weighted by Gasteiger charge is -2.15. The molecule has 0 unspecified atom stereocenters. The van der Waals surface area contributed by atoms with E-state index < -0.39 is 17.8 Å². The molecule has 0 aliphatic heterocycles. The Balaban J connectivity index is 2.13. The summed E-state index contributed by atoms with van der Waals surface area (Å²) < 4.78 is 39.2. The van der Waals surface area contributed by atoms with E-state index >= 15 is 0 Å². The Bertz CT molecular complexity index is 748. The number of nitrogens with one attached hydrogen (secondary N) is 3. The van der Waals surface area contributed by atoms with Gasteiger partial charge in [-0.1, -0.05) is 11.6 Å². The maximum Gasteiger partial charge on any atom is 0.418 e. The number of carbonyl (C=O) groups is 1. The van der Waals surface area contributed by atoms with Gasteiger partial charge in [0.25, 0.3) is 0 Å². The number of anilines is 3. The summed E-state index contributed by atoms with van der Waals surface area (Å²) >= 11 is 5.64. The minimum atomic E-state index is -4.55. The van der Waals surface area contributed by atoms with Crippen LogP contribution >= 0.6 is 11.6 Å². The number of amides is 2. The van der Waals surface area contributed by atoms with Crippen molar-refractivity contribution in [2.75, 3.05) is 10.6 Å². The summed E-state index contributed by atoms with van der Waals surface area (Å²) in [5.41, 5.74) is -0.640. The molecule has 134 valence electrons. The molecule has 9 heteroatoms. The Kier molecular flexibility index (Phi) is 5.73. The van der Waals surface area contributed by atoms with Crippen molar-refractivity contribution >= 4 is 34.8 Å². The van der Waals surface area contributed by atoms with Crippen molar-refractivity contribution in [2.24, 2.45) is 0 Å². The van der Waals surface area contributed by atoms with E-state index in [1.807, 2.05) is 13.8 Å². The predicted octanol–water partition coefficient (Wildman–Crippen LogP) is 5.03. The molecule has 3 N–H and O–H groups in total. The zero-order valence-electron chi connectivity index (χ0n) is 13.4. The van der Waals surface area contributed by atoms with Crippen LogP contribution < -0.4 is 16.0 Å². The van der Waals surface area contributed by atoms with Crippen LogP contribution in [-0.2, 0) is 6.18 Å². The van der Waals surface area contributed by atoms with Crippen molar-refractivity contribution < 1.29 is 18.0 Å². The van der Waals surface area contributed by atoms with E-state index in [2.05, 4.69) is 20.9 Å². The zero-order valence-corrected chi connectivity index (χ0v) is 14.2. The first-order valence-electron chi connectivity index (χ1n) is 7.32. The molecular weight excluding hydrogens is 357 g/mol. The fraction of sp³-hybridized carbons (Fsp3) is 0.250. The minimum absolute atomic E-state index is 0.0125. The molecule has 0 bridgehead atoms. The highest BCUT2D eigenvalue weighted by Gasteiger charge is 2.33. The van der Waals surface area contributed by atoms with Gasteiger partial charge in [0.15, 0.2) is 0 Å². The van der Waals surface area contributed by atoms with Crippen LogP contribution in [0.5, 0.6) is 0 Å². The van der Waals surface area contributed by atoms with Crippen LogP contribution in [0.3, 0.4) is 0 Å². The lowest BCUT2D eigenvalue weighted by molar-refractivity contribution is -0.136. The molecule has 2 aromatic rings. The molecule has 0 saturated carbocycles. The molecule has 1 aromatic heterocycles. The maximum atomic E-state index is 13.1. The Labute approximate surface area is 147 Å². The third-order valence-electron chi connectivity index (χ3n) is 2.99. The van der Waals surface area contributed by atoms with E-state index in [9.17, 15) is 18.0 Å². The molecule has 0 saturated heterocycles. The van der Waals surface area contributed by atoms with E-state index in [1.54, 1.807) is 0 Å². The third kappa shape index (κ3) is 5.53. The molecule has 25 heavy (non-hydrogen) atoms. The van der Waals surface area contributed by atoms with Gasteiger partial charge < -0.3 is 16.0 Å². The normalized spacial score (nSPS) is 11.3. The van der Waals surface area contributed by atoms with Crippen LogP contribution in [-0.4, -0.2) is 17.1 Å². The Morgan fingerprint density at radius 1 is 1.20 bits per heavy atom. The number of carbonyl (C=O) groups excluding carboxylic acids is 1. The van der Waals surface area contributed by atoms with E-state index in [4.69, 9.17) is 11.6 Å². The summed E-state index contributed by atoms with van der Waals surface area (Å²) in [6.07, 6.45) is -3.21. The quantitative estimate of drug-likeness (QED) is 0.705. The predicted molar refractivity (Wildman–Crippen MR) is 91.3 cm³/mol. The van der Waals surface area contributed by atoms with Gasteiger partial charge in [-0.15, -0.1) is 0 Å². The second-order valence-electron chi connectivity index (χ2n) is 5.50. The number of benzene rings is 1. The van der Waals surface area contributed by atoms with Crippen molar-refractivity contribution in [1.82, 2.24) is 10.3 Å². The van der Waals surface area contributed by atoms with Crippen LogP contribution in [0.15, 0.2) is 36.5 Å². The topological polar surface area (TPSA) is 66.1 Å². The molecule has 2 rings (SSSR count). The monoisotopic (exact) mass is 372 g/mol.